The Kier molecular flexibility index (Phi) is 8.03. The van der Waals surface area contributed by atoms with Crippen molar-refractivity contribution in [1.82, 2.24) is 0 Å². The summed E-state index contributed by atoms with van der Waals surface area (Å²) in [6.45, 7) is 8.94. The van der Waals surface area contributed by atoms with Crippen molar-refractivity contribution in [2.45, 2.75) is 34.6 Å². The van der Waals surface area contributed by atoms with Crippen LogP contribution in [0.1, 0.15) is 51.3 Å². The molecule has 2 aromatic carbocycles. The lowest BCUT2D eigenvalue weighted by Crippen LogP contribution is -1.98. The van der Waals surface area contributed by atoms with Crippen molar-refractivity contribution in [1.29, 1.82) is 0 Å². The summed E-state index contributed by atoms with van der Waals surface area (Å²) in [4.78, 5) is 22.4. The molecule has 0 unspecified atom stereocenters. The Labute approximate surface area is 163 Å². The van der Waals surface area contributed by atoms with E-state index in [-0.39, 0.29) is 11.6 Å². The monoisotopic (exact) mass is 420 g/mol. The largest absolute Gasteiger partial charge is 0.496 e. The highest BCUT2D eigenvalue weighted by Gasteiger charge is 2.09. The first-order chi connectivity index (χ1) is 12.1. The Balaban J connectivity index is 0.000000260. The third-order valence-electron chi connectivity index (χ3n) is 3.98. The Bertz CT molecular complexity index is 756. The Morgan fingerprint density at radius 2 is 1.15 bits per heavy atom. The molecule has 0 aliphatic carbocycles. The first-order valence-electron chi connectivity index (χ1n) is 8.13. The fourth-order valence-corrected chi connectivity index (χ4v) is 3.31. The van der Waals surface area contributed by atoms with E-state index in [4.69, 9.17) is 9.47 Å². The summed E-state index contributed by atoms with van der Waals surface area (Å²) >= 11 is 3.33. The first kappa shape index (κ1) is 21.9. The molecule has 0 spiro atoms. The summed E-state index contributed by atoms with van der Waals surface area (Å²) in [5.74, 6) is 1.63. The standard InChI is InChI=1S/C11H14O2.C10H11BrO2/c1-7-5-8(2)11(13-4)6-10(7)9(3)12;1-6-4-9(11)8(7(2)12)5-10(6)13-3/h5-6H,1-4H3;4-5H,1-3H3. The zero-order valence-electron chi connectivity index (χ0n) is 16.3. The minimum atomic E-state index is 0.0326. The zero-order chi connectivity index (χ0) is 20.0. The SMILES string of the molecule is COc1cc(C(C)=O)c(Br)cc1C.COc1cc(C(C)=O)c(C)cc1C. The third-order valence-corrected chi connectivity index (χ3v) is 4.64. The van der Waals surface area contributed by atoms with Gasteiger partial charge in [-0.15, -0.1) is 0 Å². The van der Waals surface area contributed by atoms with Crippen molar-refractivity contribution in [3.8, 4) is 11.5 Å². The van der Waals surface area contributed by atoms with Gasteiger partial charge < -0.3 is 9.47 Å². The highest BCUT2D eigenvalue weighted by Crippen LogP contribution is 2.27. The van der Waals surface area contributed by atoms with Crippen LogP contribution in [0.15, 0.2) is 28.7 Å². The van der Waals surface area contributed by atoms with Gasteiger partial charge in [0.1, 0.15) is 11.5 Å². The molecule has 26 heavy (non-hydrogen) atoms. The number of hydrogen-bond acceptors (Lipinski definition) is 4. The molecule has 0 aliphatic heterocycles. The predicted octanol–water partition coefficient (Wildman–Crippen LogP) is 5.48. The summed E-state index contributed by atoms with van der Waals surface area (Å²) in [6, 6.07) is 7.40. The van der Waals surface area contributed by atoms with Gasteiger partial charge in [-0.25, -0.2) is 0 Å². The van der Waals surface area contributed by atoms with Gasteiger partial charge in [-0.05, 0) is 69.5 Å². The number of carbonyl (C=O) groups excluding carboxylic acids is 2. The Morgan fingerprint density at radius 1 is 0.731 bits per heavy atom. The number of benzene rings is 2. The molecule has 0 heterocycles. The number of methoxy groups -OCH3 is 2. The van der Waals surface area contributed by atoms with Crippen LogP contribution >= 0.6 is 15.9 Å². The van der Waals surface area contributed by atoms with Crippen LogP contribution in [0, 0.1) is 20.8 Å². The van der Waals surface area contributed by atoms with Gasteiger partial charge >= 0.3 is 0 Å². The molecule has 2 aromatic rings. The van der Waals surface area contributed by atoms with Crippen LogP contribution in [0.25, 0.3) is 0 Å². The molecule has 4 nitrogen and oxygen atoms in total. The van der Waals surface area contributed by atoms with Gasteiger partial charge in [0.25, 0.3) is 0 Å². The maximum absolute atomic E-state index is 11.2. The van der Waals surface area contributed by atoms with Crippen molar-refractivity contribution >= 4 is 27.5 Å². The van der Waals surface area contributed by atoms with E-state index in [2.05, 4.69) is 15.9 Å². The number of rotatable bonds is 4. The number of Topliss-reactive ketones (excluding diaryl/α,β-unsaturated/α-hetero) is 2. The van der Waals surface area contributed by atoms with Crippen LogP contribution < -0.4 is 9.47 Å². The quantitative estimate of drug-likeness (QED) is 0.614. The van der Waals surface area contributed by atoms with Crippen LogP contribution in [0.3, 0.4) is 0 Å². The van der Waals surface area contributed by atoms with Gasteiger partial charge in [-0.3, -0.25) is 9.59 Å². The van der Waals surface area contributed by atoms with E-state index in [1.165, 1.54) is 6.92 Å². The van der Waals surface area contributed by atoms with Gasteiger partial charge in [0.15, 0.2) is 11.6 Å². The van der Waals surface area contributed by atoms with E-state index >= 15 is 0 Å². The lowest BCUT2D eigenvalue weighted by Gasteiger charge is -2.08. The second-order valence-corrected chi connectivity index (χ2v) is 6.91. The summed E-state index contributed by atoms with van der Waals surface area (Å²) in [6.07, 6.45) is 0. The topological polar surface area (TPSA) is 52.6 Å². The van der Waals surface area contributed by atoms with E-state index in [1.54, 1.807) is 33.3 Å². The van der Waals surface area contributed by atoms with Gasteiger partial charge in [0.2, 0.25) is 0 Å². The van der Waals surface area contributed by atoms with Crippen molar-refractivity contribution < 1.29 is 19.1 Å². The Morgan fingerprint density at radius 3 is 1.58 bits per heavy atom. The molecule has 0 saturated heterocycles. The molecule has 0 saturated carbocycles. The van der Waals surface area contributed by atoms with Crippen LogP contribution in [0.4, 0.5) is 0 Å². The predicted molar refractivity (Wildman–Crippen MR) is 108 cm³/mol. The number of aryl methyl sites for hydroxylation is 3. The number of ketones is 2. The van der Waals surface area contributed by atoms with Crippen molar-refractivity contribution in [3.63, 3.8) is 0 Å². The minimum Gasteiger partial charge on any atom is -0.496 e. The van der Waals surface area contributed by atoms with E-state index < -0.39 is 0 Å². The van der Waals surface area contributed by atoms with E-state index in [1.807, 2.05) is 32.9 Å². The van der Waals surface area contributed by atoms with E-state index in [0.29, 0.717) is 5.56 Å². The van der Waals surface area contributed by atoms with Gasteiger partial charge in [0, 0.05) is 15.6 Å². The molecule has 0 radical (unpaired) electrons. The lowest BCUT2D eigenvalue weighted by molar-refractivity contribution is 0.100. The van der Waals surface area contributed by atoms with Crippen LogP contribution in [-0.2, 0) is 0 Å². The average molecular weight is 421 g/mol. The first-order valence-corrected chi connectivity index (χ1v) is 8.92. The molecule has 0 bridgehead atoms. The highest BCUT2D eigenvalue weighted by molar-refractivity contribution is 9.10. The molecule has 0 atom stereocenters. The second kappa shape index (κ2) is 9.53. The van der Waals surface area contributed by atoms with Crippen LogP contribution in [0.2, 0.25) is 0 Å². The van der Waals surface area contributed by atoms with Crippen LogP contribution in [-0.4, -0.2) is 25.8 Å². The van der Waals surface area contributed by atoms with Crippen molar-refractivity contribution in [3.05, 3.63) is 56.6 Å². The van der Waals surface area contributed by atoms with Gasteiger partial charge in [0.05, 0.1) is 14.2 Å². The van der Waals surface area contributed by atoms with Crippen molar-refractivity contribution in [2.24, 2.45) is 0 Å². The molecule has 140 valence electrons. The molecular formula is C21H25BrO4. The summed E-state index contributed by atoms with van der Waals surface area (Å²) in [7, 11) is 3.21. The molecule has 0 N–H and O–H groups in total. The average Bonchev–Trinajstić information content (AvgIpc) is 2.55. The number of ether oxygens (including phenoxy) is 2. The second-order valence-electron chi connectivity index (χ2n) is 6.05. The highest BCUT2D eigenvalue weighted by atomic mass is 79.9. The molecular weight excluding hydrogens is 396 g/mol. The van der Waals surface area contributed by atoms with Crippen LogP contribution in [0.5, 0.6) is 11.5 Å². The number of hydrogen-bond donors (Lipinski definition) is 0. The van der Waals surface area contributed by atoms with Gasteiger partial charge in [-0.1, -0.05) is 22.0 Å². The maximum Gasteiger partial charge on any atom is 0.161 e. The Hall–Kier alpha value is -2.14. The summed E-state index contributed by atoms with van der Waals surface area (Å²) < 4.78 is 11.1. The summed E-state index contributed by atoms with van der Waals surface area (Å²) in [5.41, 5.74) is 4.47. The normalized spacial score (nSPS) is 9.85. The van der Waals surface area contributed by atoms with E-state index in [0.717, 1.165) is 38.2 Å². The van der Waals surface area contributed by atoms with E-state index in [9.17, 15) is 9.59 Å². The van der Waals surface area contributed by atoms with Gasteiger partial charge in [-0.2, -0.15) is 0 Å². The number of halogens is 1. The maximum atomic E-state index is 11.2. The fourth-order valence-electron chi connectivity index (χ4n) is 2.57. The smallest absolute Gasteiger partial charge is 0.161 e. The minimum absolute atomic E-state index is 0.0326. The molecule has 0 fully saturated rings. The third kappa shape index (κ3) is 5.43. The van der Waals surface area contributed by atoms with Crippen molar-refractivity contribution in [2.75, 3.05) is 14.2 Å². The molecule has 2 rings (SSSR count). The molecule has 0 aliphatic rings. The zero-order valence-corrected chi connectivity index (χ0v) is 17.9. The summed E-state index contributed by atoms with van der Waals surface area (Å²) in [5, 5.41) is 0. The molecule has 0 aromatic heterocycles. The lowest BCUT2D eigenvalue weighted by atomic mass is 10.0. The fraction of sp³-hybridized carbons (Fsp3) is 0.333. The number of carbonyl (C=O) groups is 2. The molecule has 0 amide bonds. The molecule has 5 heteroatoms.